The molecule has 0 aliphatic rings. The van der Waals surface area contributed by atoms with Gasteiger partial charge in [-0.05, 0) is 35.7 Å². The zero-order chi connectivity index (χ0) is 18.3. The molecule has 0 saturated heterocycles. The zero-order valence-corrected chi connectivity index (χ0v) is 14.7. The van der Waals surface area contributed by atoms with Crippen molar-refractivity contribution in [1.29, 1.82) is 0 Å². The number of nitrogens with zero attached hydrogens (tertiary/aromatic N) is 2. The van der Waals surface area contributed by atoms with Gasteiger partial charge in [-0.3, -0.25) is 9.78 Å². The van der Waals surface area contributed by atoms with Crippen molar-refractivity contribution >= 4 is 15.9 Å². The summed E-state index contributed by atoms with van der Waals surface area (Å²) in [4.78, 5) is 16.0. The Hall–Kier alpha value is -2.32. The van der Waals surface area contributed by atoms with Crippen molar-refractivity contribution in [1.82, 2.24) is 14.6 Å². The van der Waals surface area contributed by atoms with Crippen LogP contribution in [0, 0.1) is 5.82 Å². The number of carbonyl (C=O) groups is 1. The monoisotopic (exact) mass is 365 g/mol. The van der Waals surface area contributed by atoms with Gasteiger partial charge in [0.15, 0.2) is 0 Å². The summed E-state index contributed by atoms with van der Waals surface area (Å²) >= 11 is 0. The second-order valence-electron chi connectivity index (χ2n) is 5.61. The summed E-state index contributed by atoms with van der Waals surface area (Å²) in [5, 5.41) is 2.67. The molecule has 2 rings (SSSR count). The smallest absolute Gasteiger partial charge is 0.235 e. The molecule has 0 atom stereocenters. The molecule has 1 aromatic carbocycles. The molecule has 1 heterocycles. The van der Waals surface area contributed by atoms with Crippen molar-refractivity contribution in [2.75, 3.05) is 19.3 Å². The minimum atomic E-state index is -3.54. The van der Waals surface area contributed by atoms with E-state index in [0.717, 1.165) is 21.7 Å². The van der Waals surface area contributed by atoms with E-state index in [2.05, 4.69) is 10.3 Å². The number of hydrogen-bond acceptors (Lipinski definition) is 4. The van der Waals surface area contributed by atoms with Gasteiger partial charge in [0.05, 0.1) is 12.8 Å². The second kappa shape index (κ2) is 8.68. The van der Waals surface area contributed by atoms with Gasteiger partial charge < -0.3 is 5.32 Å². The number of sulfonamides is 1. The molecular formula is C17H20FN3O3S. The van der Waals surface area contributed by atoms with E-state index in [4.69, 9.17) is 0 Å². The maximum Gasteiger partial charge on any atom is 0.235 e. The Morgan fingerprint density at radius 3 is 2.52 bits per heavy atom. The minimum Gasteiger partial charge on any atom is -0.351 e. The normalized spacial score (nSPS) is 11.5. The number of hydrogen-bond donors (Lipinski definition) is 1. The molecule has 0 unspecified atom stereocenters. The van der Waals surface area contributed by atoms with E-state index in [-0.39, 0.29) is 25.5 Å². The number of aromatic nitrogens is 1. The number of pyridine rings is 1. The van der Waals surface area contributed by atoms with E-state index in [0.29, 0.717) is 6.42 Å². The maximum absolute atomic E-state index is 12.9. The van der Waals surface area contributed by atoms with Crippen molar-refractivity contribution in [3.63, 3.8) is 0 Å². The van der Waals surface area contributed by atoms with E-state index in [1.165, 1.54) is 12.1 Å². The first-order chi connectivity index (χ1) is 11.8. The predicted molar refractivity (Wildman–Crippen MR) is 92.6 cm³/mol. The predicted octanol–water partition coefficient (Wildman–Crippen LogP) is 1.34. The van der Waals surface area contributed by atoms with Gasteiger partial charge in [0.2, 0.25) is 15.9 Å². The molecule has 1 N–H and O–H groups in total. The van der Waals surface area contributed by atoms with E-state index < -0.39 is 15.9 Å². The highest BCUT2D eigenvalue weighted by molar-refractivity contribution is 7.88. The number of benzene rings is 1. The Balaban J connectivity index is 1.91. The summed E-state index contributed by atoms with van der Waals surface area (Å²) in [6.45, 7) is 0.160. The van der Waals surface area contributed by atoms with Gasteiger partial charge in [0.1, 0.15) is 5.82 Å². The van der Waals surface area contributed by atoms with Gasteiger partial charge in [0.25, 0.3) is 0 Å². The third-order valence-electron chi connectivity index (χ3n) is 3.56. The molecule has 0 radical (unpaired) electrons. The molecule has 0 aliphatic heterocycles. The molecule has 6 nitrogen and oxygen atoms in total. The van der Waals surface area contributed by atoms with Crippen molar-refractivity contribution in [3.8, 4) is 0 Å². The number of carbonyl (C=O) groups excluding carboxylic acids is 1. The molecule has 0 bridgehead atoms. The first kappa shape index (κ1) is 19.0. The number of nitrogens with one attached hydrogen (secondary N) is 1. The van der Waals surface area contributed by atoms with Crippen molar-refractivity contribution in [2.45, 2.75) is 13.0 Å². The van der Waals surface area contributed by atoms with E-state index in [9.17, 15) is 17.6 Å². The Morgan fingerprint density at radius 2 is 1.92 bits per heavy atom. The lowest BCUT2D eigenvalue weighted by molar-refractivity contribution is -0.121. The summed E-state index contributed by atoms with van der Waals surface area (Å²) < 4.78 is 37.8. The minimum absolute atomic E-state index is 0.144. The third kappa shape index (κ3) is 6.60. The standard InChI is InChI=1S/C17H20FN3O3S/c1-25(23,24)21(10-8-14-4-6-16(18)7-5-14)13-17(22)20-12-15-3-2-9-19-11-15/h2-7,9,11H,8,10,12-13H2,1H3,(H,20,22). The summed E-state index contributed by atoms with van der Waals surface area (Å²) in [6.07, 6.45) is 4.71. The molecule has 134 valence electrons. The van der Waals surface area contributed by atoms with E-state index in [1.807, 2.05) is 6.07 Å². The zero-order valence-electron chi connectivity index (χ0n) is 13.9. The summed E-state index contributed by atoms with van der Waals surface area (Å²) in [7, 11) is -3.54. The average Bonchev–Trinajstić information content (AvgIpc) is 2.58. The van der Waals surface area contributed by atoms with Crippen LogP contribution in [-0.4, -0.2) is 43.0 Å². The topological polar surface area (TPSA) is 79.4 Å². The lowest BCUT2D eigenvalue weighted by Crippen LogP contribution is -2.41. The molecule has 0 spiro atoms. The first-order valence-corrected chi connectivity index (χ1v) is 9.54. The van der Waals surface area contributed by atoms with E-state index >= 15 is 0 Å². The Labute approximate surface area is 146 Å². The van der Waals surface area contributed by atoms with Crippen LogP contribution in [0.1, 0.15) is 11.1 Å². The molecule has 0 aliphatic carbocycles. The SMILES string of the molecule is CS(=O)(=O)N(CCc1ccc(F)cc1)CC(=O)NCc1cccnc1. The lowest BCUT2D eigenvalue weighted by Gasteiger charge is -2.19. The summed E-state index contributed by atoms with van der Waals surface area (Å²) in [5.41, 5.74) is 1.62. The fourth-order valence-corrected chi connectivity index (χ4v) is 2.96. The van der Waals surface area contributed by atoms with Crippen molar-refractivity contribution in [2.24, 2.45) is 0 Å². The van der Waals surface area contributed by atoms with Gasteiger partial charge in [-0.25, -0.2) is 12.8 Å². The quantitative estimate of drug-likeness (QED) is 0.766. The van der Waals surface area contributed by atoms with Gasteiger partial charge in [0, 0.05) is 25.5 Å². The molecule has 1 aromatic heterocycles. The van der Waals surface area contributed by atoms with Gasteiger partial charge in [-0.2, -0.15) is 4.31 Å². The fraction of sp³-hybridized carbons (Fsp3) is 0.294. The van der Waals surface area contributed by atoms with Crippen molar-refractivity contribution < 1.29 is 17.6 Å². The fourth-order valence-electron chi connectivity index (χ4n) is 2.19. The van der Waals surface area contributed by atoms with Crippen LogP contribution in [0.5, 0.6) is 0 Å². The molecule has 8 heteroatoms. The van der Waals surface area contributed by atoms with Crippen molar-refractivity contribution in [3.05, 3.63) is 65.7 Å². The molecule has 1 amide bonds. The molecule has 2 aromatic rings. The number of halogens is 1. The van der Waals surface area contributed by atoms with Gasteiger partial charge in [-0.15, -0.1) is 0 Å². The van der Waals surface area contributed by atoms with Crippen LogP contribution in [0.15, 0.2) is 48.8 Å². The van der Waals surface area contributed by atoms with Crippen LogP contribution in [0.25, 0.3) is 0 Å². The Bertz CT molecular complexity index is 796. The van der Waals surface area contributed by atoms with Crippen LogP contribution in [0.2, 0.25) is 0 Å². The first-order valence-electron chi connectivity index (χ1n) is 7.70. The highest BCUT2D eigenvalue weighted by Gasteiger charge is 2.19. The molecular weight excluding hydrogens is 345 g/mol. The maximum atomic E-state index is 12.9. The Morgan fingerprint density at radius 1 is 1.20 bits per heavy atom. The molecule has 25 heavy (non-hydrogen) atoms. The Kier molecular flexibility index (Phi) is 6.60. The number of amides is 1. The molecule has 0 fully saturated rings. The van der Waals surface area contributed by atoms with Crippen LogP contribution in [0.4, 0.5) is 4.39 Å². The van der Waals surface area contributed by atoms with Crippen LogP contribution < -0.4 is 5.32 Å². The van der Waals surface area contributed by atoms with Crippen LogP contribution >= 0.6 is 0 Å². The highest BCUT2D eigenvalue weighted by atomic mass is 32.2. The summed E-state index contributed by atoms with van der Waals surface area (Å²) in [5.74, 6) is -0.744. The van der Waals surface area contributed by atoms with Crippen LogP contribution in [-0.2, 0) is 27.8 Å². The molecule has 0 saturated carbocycles. The summed E-state index contributed by atoms with van der Waals surface area (Å²) in [6, 6.07) is 9.40. The van der Waals surface area contributed by atoms with Crippen LogP contribution in [0.3, 0.4) is 0 Å². The third-order valence-corrected chi connectivity index (χ3v) is 4.81. The number of rotatable bonds is 8. The second-order valence-corrected chi connectivity index (χ2v) is 7.59. The highest BCUT2D eigenvalue weighted by Crippen LogP contribution is 2.07. The largest absolute Gasteiger partial charge is 0.351 e. The van der Waals surface area contributed by atoms with Gasteiger partial charge in [-0.1, -0.05) is 18.2 Å². The van der Waals surface area contributed by atoms with E-state index in [1.54, 1.807) is 30.6 Å². The average molecular weight is 365 g/mol. The van der Waals surface area contributed by atoms with Gasteiger partial charge >= 0.3 is 0 Å². The lowest BCUT2D eigenvalue weighted by atomic mass is 10.1.